The summed E-state index contributed by atoms with van der Waals surface area (Å²) in [5, 5.41) is 0. The minimum absolute atomic E-state index is 0.00204. The van der Waals surface area contributed by atoms with Crippen molar-refractivity contribution >= 4 is 6.29 Å². The molecule has 3 nitrogen and oxygen atoms in total. The normalized spacial score (nSPS) is 12.8. The first-order valence-electron chi connectivity index (χ1n) is 4.33. The first kappa shape index (κ1) is 8.97. The van der Waals surface area contributed by atoms with Crippen LogP contribution in [0.3, 0.4) is 0 Å². The summed E-state index contributed by atoms with van der Waals surface area (Å²) in [5.41, 5.74) is 0. The Morgan fingerprint density at radius 2 is 2.33 bits per heavy atom. The van der Waals surface area contributed by atoms with Crippen LogP contribution in [0.4, 0.5) is 0 Å². The van der Waals surface area contributed by atoms with Gasteiger partial charge in [0.05, 0.1) is 6.54 Å². The van der Waals surface area contributed by atoms with Gasteiger partial charge in [-0.3, -0.25) is 4.79 Å². The monoisotopic (exact) mass is 167 g/mol. The summed E-state index contributed by atoms with van der Waals surface area (Å²) < 4.78 is 3.99. The lowest BCUT2D eigenvalue weighted by Crippen LogP contribution is -2.37. The molecule has 3 heteroatoms. The van der Waals surface area contributed by atoms with E-state index in [1.807, 2.05) is 34.8 Å². The van der Waals surface area contributed by atoms with Crippen molar-refractivity contribution in [2.45, 2.75) is 32.9 Å². The lowest BCUT2D eigenvalue weighted by molar-refractivity contribution is -0.707. The zero-order chi connectivity index (χ0) is 8.97. The molecule has 0 spiro atoms. The standard InChI is InChI=1S/C9H15N2O/c1-3-9(7-12)11-6-5-10(4-2)8-11/h5-9H,3-4H2,1-2H3/q+1. The molecule has 0 saturated heterocycles. The van der Waals surface area contributed by atoms with E-state index < -0.39 is 0 Å². The van der Waals surface area contributed by atoms with Crippen LogP contribution in [0.2, 0.25) is 0 Å². The average molecular weight is 167 g/mol. The van der Waals surface area contributed by atoms with Crippen LogP contribution >= 0.6 is 0 Å². The van der Waals surface area contributed by atoms with Gasteiger partial charge in [0.1, 0.15) is 12.4 Å². The number of aromatic nitrogens is 2. The number of imidazole rings is 1. The van der Waals surface area contributed by atoms with Gasteiger partial charge in [0.25, 0.3) is 0 Å². The predicted molar refractivity (Wildman–Crippen MR) is 45.7 cm³/mol. The van der Waals surface area contributed by atoms with E-state index in [0.717, 1.165) is 19.3 Å². The SMILES string of the molecule is CCC(C=O)[n+]1ccn(CC)c1. The molecule has 0 fully saturated rings. The smallest absolute Gasteiger partial charge is 0.244 e. The van der Waals surface area contributed by atoms with E-state index in [1.54, 1.807) is 0 Å². The molecule has 0 saturated carbocycles. The van der Waals surface area contributed by atoms with Crippen LogP contribution in [-0.4, -0.2) is 10.9 Å². The first-order valence-corrected chi connectivity index (χ1v) is 4.33. The van der Waals surface area contributed by atoms with E-state index in [0.29, 0.717) is 0 Å². The van der Waals surface area contributed by atoms with Gasteiger partial charge in [-0.2, -0.15) is 0 Å². The van der Waals surface area contributed by atoms with E-state index in [2.05, 4.69) is 6.92 Å². The minimum atomic E-state index is -0.00204. The van der Waals surface area contributed by atoms with Gasteiger partial charge in [0.2, 0.25) is 6.33 Å². The van der Waals surface area contributed by atoms with Crippen molar-refractivity contribution < 1.29 is 9.36 Å². The maximum Gasteiger partial charge on any atom is 0.244 e. The van der Waals surface area contributed by atoms with Crippen molar-refractivity contribution in [3.05, 3.63) is 18.7 Å². The van der Waals surface area contributed by atoms with Crippen molar-refractivity contribution in [2.75, 3.05) is 0 Å². The molecule has 1 atom stereocenters. The van der Waals surface area contributed by atoms with Crippen LogP contribution in [-0.2, 0) is 11.3 Å². The van der Waals surface area contributed by atoms with E-state index in [9.17, 15) is 4.79 Å². The fraction of sp³-hybridized carbons (Fsp3) is 0.556. The molecular weight excluding hydrogens is 152 g/mol. The molecule has 0 aliphatic rings. The molecule has 1 rings (SSSR count). The molecule has 1 heterocycles. The molecule has 0 N–H and O–H groups in total. The lowest BCUT2D eigenvalue weighted by Gasteiger charge is -2.00. The molecule has 0 aliphatic carbocycles. The third kappa shape index (κ3) is 1.72. The molecule has 0 amide bonds. The number of nitrogens with zero attached hydrogens (tertiary/aromatic N) is 2. The summed E-state index contributed by atoms with van der Waals surface area (Å²) in [6, 6.07) is -0.00204. The summed E-state index contributed by atoms with van der Waals surface area (Å²) >= 11 is 0. The number of hydrogen-bond acceptors (Lipinski definition) is 1. The quantitative estimate of drug-likeness (QED) is 0.484. The maximum absolute atomic E-state index is 10.6. The van der Waals surface area contributed by atoms with Crippen LogP contribution < -0.4 is 4.57 Å². The Labute approximate surface area is 72.6 Å². The summed E-state index contributed by atoms with van der Waals surface area (Å²) in [6.07, 6.45) is 7.71. The highest BCUT2D eigenvalue weighted by molar-refractivity contribution is 5.52. The summed E-state index contributed by atoms with van der Waals surface area (Å²) in [5.74, 6) is 0. The average Bonchev–Trinajstić information content (AvgIpc) is 2.55. The van der Waals surface area contributed by atoms with E-state index >= 15 is 0 Å². The van der Waals surface area contributed by atoms with Gasteiger partial charge in [0.15, 0.2) is 12.3 Å². The number of aryl methyl sites for hydroxylation is 1. The summed E-state index contributed by atoms with van der Waals surface area (Å²) in [4.78, 5) is 10.6. The minimum Gasteiger partial charge on any atom is -0.299 e. The zero-order valence-electron chi connectivity index (χ0n) is 7.60. The molecule has 0 aromatic carbocycles. The van der Waals surface area contributed by atoms with Crippen molar-refractivity contribution in [1.29, 1.82) is 0 Å². The fourth-order valence-electron chi connectivity index (χ4n) is 1.17. The molecule has 1 aromatic rings. The van der Waals surface area contributed by atoms with E-state index in [4.69, 9.17) is 0 Å². The highest BCUT2D eigenvalue weighted by Crippen LogP contribution is 1.97. The van der Waals surface area contributed by atoms with Crippen LogP contribution in [0.25, 0.3) is 0 Å². The number of hydrogen-bond donors (Lipinski definition) is 0. The van der Waals surface area contributed by atoms with Crippen LogP contribution in [0.1, 0.15) is 26.3 Å². The van der Waals surface area contributed by atoms with Crippen molar-refractivity contribution in [3.8, 4) is 0 Å². The largest absolute Gasteiger partial charge is 0.299 e. The number of aldehydes is 1. The van der Waals surface area contributed by atoms with Gasteiger partial charge >= 0.3 is 0 Å². The number of carbonyl (C=O) groups is 1. The Bertz CT molecular complexity index is 255. The molecule has 0 radical (unpaired) electrons. The Kier molecular flexibility index (Phi) is 3.02. The van der Waals surface area contributed by atoms with E-state index in [1.165, 1.54) is 0 Å². The second kappa shape index (κ2) is 4.04. The molecule has 12 heavy (non-hydrogen) atoms. The lowest BCUT2D eigenvalue weighted by atomic mass is 10.2. The van der Waals surface area contributed by atoms with E-state index in [-0.39, 0.29) is 6.04 Å². The van der Waals surface area contributed by atoms with Crippen molar-refractivity contribution in [2.24, 2.45) is 0 Å². The second-order valence-electron chi connectivity index (χ2n) is 2.80. The fourth-order valence-corrected chi connectivity index (χ4v) is 1.17. The number of rotatable bonds is 4. The number of carbonyl (C=O) groups excluding carboxylic acids is 1. The Morgan fingerprint density at radius 3 is 2.75 bits per heavy atom. The van der Waals surface area contributed by atoms with Gasteiger partial charge in [0, 0.05) is 0 Å². The highest BCUT2D eigenvalue weighted by atomic mass is 16.1. The third-order valence-electron chi connectivity index (χ3n) is 2.04. The predicted octanol–water partition coefficient (Wildman–Crippen LogP) is 0.946. The Hall–Kier alpha value is -1.12. The van der Waals surface area contributed by atoms with Gasteiger partial charge in [-0.25, -0.2) is 9.13 Å². The first-order chi connectivity index (χ1) is 5.81. The topological polar surface area (TPSA) is 25.9 Å². The van der Waals surface area contributed by atoms with Gasteiger partial charge in [-0.15, -0.1) is 0 Å². The second-order valence-corrected chi connectivity index (χ2v) is 2.80. The van der Waals surface area contributed by atoms with Crippen molar-refractivity contribution in [1.82, 2.24) is 4.57 Å². The molecule has 1 aromatic heterocycles. The van der Waals surface area contributed by atoms with Crippen molar-refractivity contribution in [3.63, 3.8) is 0 Å². The third-order valence-corrected chi connectivity index (χ3v) is 2.04. The Morgan fingerprint density at radius 1 is 1.58 bits per heavy atom. The molecule has 66 valence electrons. The van der Waals surface area contributed by atoms with Gasteiger partial charge in [-0.05, 0) is 13.3 Å². The highest BCUT2D eigenvalue weighted by Gasteiger charge is 2.12. The summed E-state index contributed by atoms with van der Waals surface area (Å²) in [6.45, 7) is 5.03. The van der Waals surface area contributed by atoms with Gasteiger partial charge < -0.3 is 0 Å². The Balaban J connectivity index is 2.79. The molecule has 1 unspecified atom stereocenters. The van der Waals surface area contributed by atoms with Crippen LogP contribution in [0, 0.1) is 0 Å². The molecule has 0 bridgehead atoms. The van der Waals surface area contributed by atoms with Crippen LogP contribution in [0.15, 0.2) is 18.7 Å². The molecule has 0 aliphatic heterocycles. The zero-order valence-corrected chi connectivity index (χ0v) is 7.60. The van der Waals surface area contributed by atoms with Crippen LogP contribution in [0.5, 0.6) is 0 Å². The van der Waals surface area contributed by atoms with Gasteiger partial charge in [-0.1, -0.05) is 6.92 Å². The summed E-state index contributed by atoms with van der Waals surface area (Å²) in [7, 11) is 0. The maximum atomic E-state index is 10.6. The molecular formula is C9H15N2O+.